The van der Waals surface area contributed by atoms with Gasteiger partial charge >= 0.3 is 0 Å². The van der Waals surface area contributed by atoms with Crippen LogP contribution in [0.25, 0.3) is 17.1 Å². The normalized spacial score (nSPS) is 13.3. The molecule has 2 aromatic heterocycles. The van der Waals surface area contributed by atoms with Crippen molar-refractivity contribution in [3.63, 3.8) is 0 Å². The van der Waals surface area contributed by atoms with E-state index in [2.05, 4.69) is 63.5 Å². The van der Waals surface area contributed by atoms with Crippen molar-refractivity contribution in [3.8, 4) is 17.1 Å². The molecule has 178 valence electrons. The molecule has 7 nitrogen and oxygen atoms in total. The van der Waals surface area contributed by atoms with Crippen LogP contribution in [0.3, 0.4) is 0 Å². The van der Waals surface area contributed by atoms with Gasteiger partial charge in [-0.2, -0.15) is 0 Å². The minimum Gasteiger partial charge on any atom is -0.370 e. The van der Waals surface area contributed by atoms with E-state index in [4.69, 9.17) is 0 Å². The molecule has 0 spiro atoms. The zero-order chi connectivity index (χ0) is 24.2. The van der Waals surface area contributed by atoms with Crippen LogP contribution in [0.5, 0.6) is 0 Å². The Balaban J connectivity index is 1.38. The van der Waals surface area contributed by atoms with Crippen molar-refractivity contribution in [1.82, 2.24) is 19.7 Å². The zero-order valence-corrected chi connectivity index (χ0v) is 20.8. The van der Waals surface area contributed by atoms with Gasteiger partial charge in [-0.25, -0.2) is 0 Å². The molecule has 1 amide bonds. The molecule has 0 atom stereocenters. The van der Waals surface area contributed by atoms with Crippen molar-refractivity contribution in [2.45, 2.75) is 31.8 Å². The van der Waals surface area contributed by atoms with E-state index in [-0.39, 0.29) is 11.7 Å². The van der Waals surface area contributed by atoms with Crippen LogP contribution < -0.4 is 10.2 Å². The number of carbonyl (C=O) groups is 1. The van der Waals surface area contributed by atoms with Crippen LogP contribution in [0, 0.1) is 13.8 Å². The summed E-state index contributed by atoms with van der Waals surface area (Å²) < 4.78 is 2.01. The number of thioether (sulfide) groups is 1. The predicted molar refractivity (Wildman–Crippen MR) is 141 cm³/mol. The molecule has 1 fully saturated rings. The second-order valence-electron chi connectivity index (χ2n) is 8.69. The number of rotatable bonds is 7. The molecule has 4 aromatic rings. The molecule has 0 aliphatic carbocycles. The van der Waals surface area contributed by atoms with Gasteiger partial charge in [-0.3, -0.25) is 14.3 Å². The number of carbonyl (C=O) groups excluding carboxylic acids is 1. The van der Waals surface area contributed by atoms with Crippen LogP contribution in [-0.2, 0) is 4.79 Å². The standard InChI is InChI=1S/C27H28N6OS/c1-19-9-10-22(17-20(19)2)33-26(21-11-13-28-14-12-21)30-31-27(33)35-18-25(34)29-23-7-3-4-8-24(23)32-15-5-6-16-32/h3-4,7-14,17H,5-6,15-16,18H2,1-2H3,(H,29,34). The number of aromatic nitrogens is 4. The lowest BCUT2D eigenvalue weighted by Crippen LogP contribution is -2.21. The highest BCUT2D eigenvalue weighted by molar-refractivity contribution is 7.99. The van der Waals surface area contributed by atoms with Gasteiger partial charge in [0.05, 0.1) is 22.8 Å². The van der Waals surface area contributed by atoms with Gasteiger partial charge in [-0.05, 0) is 74.2 Å². The predicted octanol–water partition coefficient (Wildman–Crippen LogP) is 5.28. The number of hydrogen-bond acceptors (Lipinski definition) is 6. The molecular weight excluding hydrogens is 456 g/mol. The van der Waals surface area contributed by atoms with E-state index in [1.165, 1.54) is 35.7 Å². The third kappa shape index (κ3) is 5.07. The molecule has 0 bridgehead atoms. The molecule has 8 heteroatoms. The summed E-state index contributed by atoms with van der Waals surface area (Å²) in [7, 11) is 0. The van der Waals surface area contributed by atoms with E-state index in [1.54, 1.807) is 12.4 Å². The SMILES string of the molecule is Cc1ccc(-n2c(SCC(=O)Nc3ccccc3N3CCCC3)nnc2-c2ccncc2)cc1C. The monoisotopic (exact) mass is 484 g/mol. The maximum Gasteiger partial charge on any atom is 0.234 e. The second-order valence-corrected chi connectivity index (χ2v) is 9.64. The molecular formula is C27H28N6OS. The number of para-hydroxylation sites is 2. The summed E-state index contributed by atoms with van der Waals surface area (Å²) in [4.78, 5) is 19.4. The van der Waals surface area contributed by atoms with Crippen molar-refractivity contribution >= 4 is 29.0 Å². The average molecular weight is 485 g/mol. The van der Waals surface area contributed by atoms with Gasteiger partial charge in [-0.15, -0.1) is 10.2 Å². The van der Waals surface area contributed by atoms with Crippen molar-refractivity contribution in [2.24, 2.45) is 0 Å². The Labute approximate surface area is 209 Å². The summed E-state index contributed by atoms with van der Waals surface area (Å²) in [5.74, 6) is 0.882. The molecule has 35 heavy (non-hydrogen) atoms. The maximum absolute atomic E-state index is 13.0. The van der Waals surface area contributed by atoms with Gasteiger partial charge in [0.25, 0.3) is 0 Å². The van der Waals surface area contributed by atoms with Crippen LogP contribution in [0.2, 0.25) is 0 Å². The van der Waals surface area contributed by atoms with Crippen molar-refractivity contribution in [1.29, 1.82) is 0 Å². The quantitative estimate of drug-likeness (QED) is 0.360. The highest BCUT2D eigenvalue weighted by atomic mass is 32.2. The van der Waals surface area contributed by atoms with Gasteiger partial charge in [0.15, 0.2) is 11.0 Å². The van der Waals surface area contributed by atoms with Gasteiger partial charge in [0.1, 0.15) is 0 Å². The number of anilines is 2. The van der Waals surface area contributed by atoms with E-state index in [9.17, 15) is 4.79 Å². The molecule has 5 rings (SSSR count). The number of aryl methyl sites for hydroxylation is 2. The van der Waals surface area contributed by atoms with Crippen LogP contribution >= 0.6 is 11.8 Å². The van der Waals surface area contributed by atoms with Crippen LogP contribution in [0.4, 0.5) is 11.4 Å². The van der Waals surface area contributed by atoms with Gasteiger partial charge in [0.2, 0.25) is 5.91 Å². The first kappa shape index (κ1) is 23.1. The zero-order valence-electron chi connectivity index (χ0n) is 19.9. The number of nitrogens with zero attached hydrogens (tertiary/aromatic N) is 5. The van der Waals surface area contributed by atoms with E-state index in [0.29, 0.717) is 5.16 Å². The summed E-state index contributed by atoms with van der Waals surface area (Å²) in [6, 6.07) is 18.1. The average Bonchev–Trinajstić information content (AvgIpc) is 3.56. The molecule has 3 heterocycles. The number of hydrogen-bond donors (Lipinski definition) is 1. The molecule has 2 aromatic carbocycles. The molecule has 0 saturated carbocycles. The van der Waals surface area contributed by atoms with E-state index in [0.717, 1.165) is 41.5 Å². The van der Waals surface area contributed by atoms with Crippen LogP contribution in [-0.4, -0.2) is 44.5 Å². The second kappa shape index (κ2) is 10.3. The van der Waals surface area contributed by atoms with E-state index < -0.39 is 0 Å². The number of benzene rings is 2. The third-order valence-electron chi connectivity index (χ3n) is 6.28. The number of nitrogens with one attached hydrogen (secondary N) is 1. The molecule has 1 aliphatic heterocycles. The summed E-state index contributed by atoms with van der Waals surface area (Å²) in [5, 5.41) is 12.7. The van der Waals surface area contributed by atoms with Gasteiger partial charge in [-0.1, -0.05) is 30.0 Å². The minimum absolute atomic E-state index is 0.0678. The van der Waals surface area contributed by atoms with Crippen LogP contribution in [0.1, 0.15) is 24.0 Å². The molecule has 0 unspecified atom stereocenters. The lowest BCUT2D eigenvalue weighted by molar-refractivity contribution is -0.113. The first-order valence-electron chi connectivity index (χ1n) is 11.8. The smallest absolute Gasteiger partial charge is 0.234 e. The lowest BCUT2D eigenvalue weighted by Gasteiger charge is -2.21. The molecule has 1 aliphatic rings. The summed E-state index contributed by atoms with van der Waals surface area (Å²) in [6.45, 7) is 6.24. The number of pyridine rings is 1. The molecule has 1 saturated heterocycles. The van der Waals surface area contributed by atoms with Crippen molar-refractivity contribution in [2.75, 3.05) is 29.1 Å². The fourth-order valence-electron chi connectivity index (χ4n) is 4.28. The Morgan fingerprint density at radius 2 is 1.74 bits per heavy atom. The highest BCUT2D eigenvalue weighted by Crippen LogP contribution is 2.31. The fraction of sp³-hybridized carbons (Fsp3) is 0.259. The molecule has 0 radical (unpaired) electrons. The minimum atomic E-state index is -0.0678. The van der Waals surface area contributed by atoms with Gasteiger partial charge < -0.3 is 10.2 Å². The fourth-order valence-corrected chi connectivity index (χ4v) is 5.03. The summed E-state index contributed by atoms with van der Waals surface area (Å²) in [6.07, 6.45) is 5.86. The van der Waals surface area contributed by atoms with E-state index in [1.807, 2.05) is 34.9 Å². The first-order chi connectivity index (χ1) is 17.1. The molecule has 1 N–H and O–H groups in total. The summed E-state index contributed by atoms with van der Waals surface area (Å²) >= 11 is 1.38. The Morgan fingerprint density at radius 3 is 2.51 bits per heavy atom. The Hall–Kier alpha value is -3.65. The summed E-state index contributed by atoms with van der Waals surface area (Å²) in [5.41, 5.74) is 6.23. The Morgan fingerprint density at radius 1 is 0.971 bits per heavy atom. The third-order valence-corrected chi connectivity index (χ3v) is 7.21. The highest BCUT2D eigenvalue weighted by Gasteiger charge is 2.19. The Kier molecular flexibility index (Phi) is 6.81. The van der Waals surface area contributed by atoms with Crippen molar-refractivity contribution < 1.29 is 4.79 Å². The maximum atomic E-state index is 13.0. The first-order valence-corrected chi connectivity index (χ1v) is 12.8. The lowest BCUT2D eigenvalue weighted by atomic mass is 10.1. The van der Waals surface area contributed by atoms with E-state index >= 15 is 0 Å². The Bertz CT molecular complexity index is 1330. The number of amides is 1. The largest absolute Gasteiger partial charge is 0.370 e. The topological polar surface area (TPSA) is 75.9 Å². The van der Waals surface area contributed by atoms with Gasteiger partial charge in [0, 0.05) is 31.0 Å². The van der Waals surface area contributed by atoms with Crippen molar-refractivity contribution in [3.05, 3.63) is 78.1 Å². The van der Waals surface area contributed by atoms with Crippen LogP contribution in [0.15, 0.2) is 72.1 Å².